The lowest BCUT2D eigenvalue weighted by atomic mass is 10.0. The van der Waals surface area contributed by atoms with Crippen LogP contribution in [0.25, 0.3) is 0 Å². The van der Waals surface area contributed by atoms with Crippen LogP contribution in [0.4, 0.5) is 0 Å². The summed E-state index contributed by atoms with van der Waals surface area (Å²) < 4.78 is 0. The maximum Gasteiger partial charge on any atom is 0.336 e. The molecule has 0 atom stereocenters. The SMILES string of the molecule is CCc1ccc(CC#N)c(C(=O)O)c1. The van der Waals surface area contributed by atoms with Crippen LogP contribution in [0.3, 0.4) is 0 Å². The molecule has 0 aliphatic heterocycles. The van der Waals surface area contributed by atoms with Gasteiger partial charge in [-0.2, -0.15) is 5.26 Å². The fourth-order valence-electron chi connectivity index (χ4n) is 1.28. The van der Waals surface area contributed by atoms with E-state index in [-0.39, 0.29) is 12.0 Å². The van der Waals surface area contributed by atoms with Crippen LogP contribution >= 0.6 is 0 Å². The van der Waals surface area contributed by atoms with E-state index in [1.54, 1.807) is 12.1 Å². The molecule has 1 aromatic rings. The van der Waals surface area contributed by atoms with Gasteiger partial charge in [0.2, 0.25) is 0 Å². The van der Waals surface area contributed by atoms with Crippen molar-refractivity contribution in [3.63, 3.8) is 0 Å². The monoisotopic (exact) mass is 189 g/mol. The van der Waals surface area contributed by atoms with Crippen LogP contribution in [-0.2, 0) is 12.8 Å². The second-order valence-electron chi connectivity index (χ2n) is 2.99. The summed E-state index contributed by atoms with van der Waals surface area (Å²) in [4.78, 5) is 10.9. The highest BCUT2D eigenvalue weighted by Crippen LogP contribution is 2.13. The largest absolute Gasteiger partial charge is 0.478 e. The van der Waals surface area contributed by atoms with Gasteiger partial charge in [0.1, 0.15) is 0 Å². The van der Waals surface area contributed by atoms with Crippen LogP contribution in [0.1, 0.15) is 28.4 Å². The minimum absolute atomic E-state index is 0.144. The minimum atomic E-state index is -0.967. The fraction of sp³-hybridized carbons (Fsp3) is 0.273. The lowest BCUT2D eigenvalue weighted by Crippen LogP contribution is -2.03. The number of aryl methyl sites for hydroxylation is 1. The van der Waals surface area contributed by atoms with Crippen LogP contribution in [0.5, 0.6) is 0 Å². The Hall–Kier alpha value is -1.82. The van der Waals surface area contributed by atoms with E-state index >= 15 is 0 Å². The van der Waals surface area contributed by atoms with Crippen LogP contribution in [0.15, 0.2) is 18.2 Å². The number of nitrogens with zero attached hydrogens (tertiary/aromatic N) is 1. The van der Waals surface area contributed by atoms with E-state index < -0.39 is 5.97 Å². The third-order valence-electron chi connectivity index (χ3n) is 2.08. The summed E-state index contributed by atoms with van der Waals surface area (Å²) in [5, 5.41) is 17.4. The molecule has 0 aliphatic carbocycles. The Morgan fingerprint density at radius 2 is 2.29 bits per heavy atom. The van der Waals surface area contributed by atoms with E-state index in [9.17, 15) is 4.79 Å². The molecule has 1 rings (SSSR count). The van der Waals surface area contributed by atoms with Crippen molar-refractivity contribution in [2.45, 2.75) is 19.8 Å². The highest BCUT2D eigenvalue weighted by atomic mass is 16.4. The molecule has 0 radical (unpaired) electrons. The molecule has 14 heavy (non-hydrogen) atoms. The number of rotatable bonds is 3. The van der Waals surface area contributed by atoms with Gasteiger partial charge in [-0.15, -0.1) is 0 Å². The predicted octanol–water partition coefficient (Wildman–Crippen LogP) is 2.01. The molecule has 1 N–H and O–H groups in total. The summed E-state index contributed by atoms with van der Waals surface area (Å²) in [7, 11) is 0. The first-order valence-electron chi connectivity index (χ1n) is 4.41. The van der Waals surface area contributed by atoms with Crippen LogP contribution in [-0.4, -0.2) is 11.1 Å². The average molecular weight is 189 g/mol. The molecular weight excluding hydrogens is 178 g/mol. The quantitative estimate of drug-likeness (QED) is 0.791. The van der Waals surface area contributed by atoms with Gasteiger partial charge in [-0.1, -0.05) is 19.1 Å². The topological polar surface area (TPSA) is 61.1 Å². The van der Waals surface area contributed by atoms with E-state index in [4.69, 9.17) is 10.4 Å². The van der Waals surface area contributed by atoms with E-state index in [1.165, 1.54) is 0 Å². The zero-order valence-electron chi connectivity index (χ0n) is 7.95. The van der Waals surface area contributed by atoms with E-state index in [0.717, 1.165) is 12.0 Å². The first-order chi connectivity index (χ1) is 6.69. The van der Waals surface area contributed by atoms with Crippen molar-refractivity contribution >= 4 is 5.97 Å². The molecule has 0 amide bonds. The maximum atomic E-state index is 10.9. The molecule has 0 heterocycles. The molecule has 0 aliphatic rings. The van der Waals surface area contributed by atoms with Crippen molar-refractivity contribution < 1.29 is 9.90 Å². The van der Waals surface area contributed by atoms with E-state index in [0.29, 0.717) is 5.56 Å². The number of hydrogen-bond acceptors (Lipinski definition) is 2. The fourth-order valence-corrected chi connectivity index (χ4v) is 1.28. The minimum Gasteiger partial charge on any atom is -0.478 e. The lowest BCUT2D eigenvalue weighted by molar-refractivity contribution is 0.0696. The van der Waals surface area contributed by atoms with Gasteiger partial charge in [0, 0.05) is 0 Å². The summed E-state index contributed by atoms with van der Waals surface area (Å²) in [6.45, 7) is 1.96. The molecule has 0 spiro atoms. The predicted molar refractivity (Wildman–Crippen MR) is 52.1 cm³/mol. The third kappa shape index (κ3) is 2.11. The van der Waals surface area contributed by atoms with Crippen LogP contribution in [0, 0.1) is 11.3 Å². The number of benzene rings is 1. The van der Waals surface area contributed by atoms with Gasteiger partial charge in [-0.3, -0.25) is 0 Å². The molecule has 0 saturated carbocycles. The van der Waals surface area contributed by atoms with Crippen molar-refractivity contribution in [1.29, 1.82) is 5.26 Å². The lowest BCUT2D eigenvalue weighted by Gasteiger charge is -2.04. The van der Waals surface area contributed by atoms with Crippen LogP contribution in [0.2, 0.25) is 0 Å². The smallest absolute Gasteiger partial charge is 0.336 e. The Morgan fingerprint density at radius 3 is 2.79 bits per heavy atom. The summed E-state index contributed by atoms with van der Waals surface area (Å²) in [6.07, 6.45) is 0.943. The van der Waals surface area contributed by atoms with Gasteiger partial charge in [-0.25, -0.2) is 4.79 Å². The summed E-state index contributed by atoms with van der Waals surface area (Å²) >= 11 is 0. The third-order valence-corrected chi connectivity index (χ3v) is 2.08. The van der Waals surface area contributed by atoms with Gasteiger partial charge >= 0.3 is 5.97 Å². The molecular formula is C11H11NO2. The zero-order valence-corrected chi connectivity index (χ0v) is 7.95. The standard InChI is InChI=1S/C11H11NO2/c1-2-8-3-4-9(5-6-12)10(7-8)11(13)14/h3-4,7H,2,5H2,1H3,(H,13,14). The van der Waals surface area contributed by atoms with Gasteiger partial charge < -0.3 is 5.11 Å². The zero-order chi connectivity index (χ0) is 10.6. The van der Waals surface area contributed by atoms with Crippen molar-refractivity contribution in [2.75, 3.05) is 0 Å². The number of hydrogen-bond donors (Lipinski definition) is 1. The van der Waals surface area contributed by atoms with Crippen molar-refractivity contribution in [3.8, 4) is 6.07 Å². The molecule has 1 aromatic carbocycles. The van der Waals surface area contributed by atoms with Crippen molar-refractivity contribution in [3.05, 3.63) is 34.9 Å². The number of carboxylic acids is 1. The number of carboxylic acid groups (broad SMARTS) is 1. The van der Waals surface area contributed by atoms with Gasteiger partial charge in [0.05, 0.1) is 18.1 Å². The number of aromatic carboxylic acids is 1. The second kappa shape index (κ2) is 4.43. The molecule has 72 valence electrons. The molecule has 0 saturated heterocycles. The Labute approximate surface area is 82.6 Å². The number of nitriles is 1. The highest BCUT2D eigenvalue weighted by Gasteiger charge is 2.09. The molecule has 3 heteroatoms. The molecule has 0 aromatic heterocycles. The molecule has 3 nitrogen and oxygen atoms in total. The summed E-state index contributed by atoms with van der Waals surface area (Å²) in [6, 6.07) is 7.16. The van der Waals surface area contributed by atoms with Gasteiger partial charge in [0.15, 0.2) is 0 Å². The highest BCUT2D eigenvalue weighted by molar-refractivity contribution is 5.89. The maximum absolute atomic E-state index is 10.9. The summed E-state index contributed by atoms with van der Waals surface area (Å²) in [5.41, 5.74) is 1.80. The normalized spacial score (nSPS) is 9.43. The second-order valence-corrected chi connectivity index (χ2v) is 2.99. The van der Waals surface area contributed by atoms with Crippen LogP contribution < -0.4 is 0 Å². The number of carbonyl (C=O) groups is 1. The average Bonchev–Trinajstić information content (AvgIpc) is 2.18. The molecule has 0 unspecified atom stereocenters. The first-order valence-corrected chi connectivity index (χ1v) is 4.41. The Balaban J connectivity index is 3.18. The Morgan fingerprint density at radius 1 is 1.57 bits per heavy atom. The van der Waals surface area contributed by atoms with E-state index in [2.05, 4.69) is 0 Å². The molecule has 0 bridgehead atoms. The Kier molecular flexibility index (Phi) is 3.24. The first kappa shape index (κ1) is 10.3. The van der Waals surface area contributed by atoms with Gasteiger partial charge in [0.25, 0.3) is 0 Å². The molecule has 0 fully saturated rings. The van der Waals surface area contributed by atoms with E-state index in [1.807, 2.05) is 19.1 Å². The van der Waals surface area contributed by atoms with Crippen molar-refractivity contribution in [1.82, 2.24) is 0 Å². The van der Waals surface area contributed by atoms with Gasteiger partial charge in [-0.05, 0) is 23.6 Å². The Bertz CT molecular complexity index is 391. The summed E-state index contributed by atoms with van der Waals surface area (Å²) in [5.74, 6) is -0.967. The van der Waals surface area contributed by atoms with Crippen molar-refractivity contribution in [2.24, 2.45) is 0 Å².